The molecular formula is C17H17N3OS2. The average Bonchev–Trinajstić information content (AvgIpc) is 3.12. The average molecular weight is 343 g/mol. The maximum Gasteiger partial charge on any atom is 0.219 e. The van der Waals surface area contributed by atoms with Gasteiger partial charge < -0.3 is 4.90 Å². The minimum Gasteiger partial charge on any atom is -0.337 e. The Hall–Kier alpha value is -1.79. The van der Waals surface area contributed by atoms with Gasteiger partial charge in [-0.05, 0) is 18.4 Å². The van der Waals surface area contributed by atoms with E-state index in [1.807, 2.05) is 4.90 Å². The number of thiazole rings is 1. The molecule has 1 aliphatic rings. The zero-order chi connectivity index (χ0) is 16.0. The third kappa shape index (κ3) is 2.56. The van der Waals surface area contributed by atoms with E-state index in [9.17, 15) is 4.79 Å². The SMILES string of the molecule is CSc1ccc(-c2cn3c4c(sc3n2)CN(C(C)=O)CC4)cc1. The lowest BCUT2D eigenvalue weighted by molar-refractivity contribution is -0.129. The predicted molar refractivity (Wildman–Crippen MR) is 95.1 cm³/mol. The number of hydrogen-bond acceptors (Lipinski definition) is 4. The second-order valence-corrected chi connectivity index (χ2v) is 7.61. The van der Waals surface area contributed by atoms with Gasteiger partial charge in [0.25, 0.3) is 0 Å². The van der Waals surface area contributed by atoms with E-state index in [-0.39, 0.29) is 5.91 Å². The van der Waals surface area contributed by atoms with Crippen LogP contribution < -0.4 is 0 Å². The van der Waals surface area contributed by atoms with E-state index in [0.717, 1.165) is 35.7 Å². The summed E-state index contributed by atoms with van der Waals surface area (Å²) in [5.74, 6) is 0.149. The Kier molecular flexibility index (Phi) is 3.66. The van der Waals surface area contributed by atoms with Crippen LogP contribution in [0.25, 0.3) is 16.2 Å². The lowest BCUT2D eigenvalue weighted by Crippen LogP contribution is -2.33. The topological polar surface area (TPSA) is 37.6 Å². The van der Waals surface area contributed by atoms with E-state index in [1.54, 1.807) is 30.0 Å². The van der Waals surface area contributed by atoms with Crippen LogP contribution in [0.3, 0.4) is 0 Å². The molecule has 0 saturated heterocycles. The van der Waals surface area contributed by atoms with Crippen molar-refractivity contribution in [1.82, 2.24) is 14.3 Å². The van der Waals surface area contributed by atoms with Crippen LogP contribution in [0.15, 0.2) is 35.4 Å². The number of carbonyl (C=O) groups excluding carboxylic acids is 1. The third-order valence-electron chi connectivity index (χ3n) is 4.28. The van der Waals surface area contributed by atoms with Crippen LogP contribution in [-0.4, -0.2) is 33.0 Å². The maximum atomic E-state index is 11.6. The molecule has 0 unspecified atom stereocenters. The lowest BCUT2D eigenvalue weighted by atomic mass is 10.1. The number of thioether (sulfide) groups is 1. The molecule has 23 heavy (non-hydrogen) atoms. The number of hydrogen-bond donors (Lipinski definition) is 0. The second kappa shape index (κ2) is 5.69. The van der Waals surface area contributed by atoms with Crippen molar-refractivity contribution in [3.63, 3.8) is 0 Å². The Bertz CT molecular complexity index is 879. The van der Waals surface area contributed by atoms with Crippen LogP contribution in [-0.2, 0) is 17.8 Å². The third-order valence-corrected chi connectivity index (χ3v) is 6.11. The van der Waals surface area contributed by atoms with Gasteiger partial charge in [0.2, 0.25) is 5.91 Å². The highest BCUT2D eigenvalue weighted by Crippen LogP contribution is 2.31. The molecule has 3 heterocycles. The van der Waals surface area contributed by atoms with Gasteiger partial charge in [0.05, 0.1) is 12.2 Å². The van der Waals surface area contributed by atoms with E-state index >= 15 is 0 Å². The van der Waals surface area contributed by atoms with Crippen molar-refractivity contribution in [3.05, 3.63) is 41.0 Å². The molecule has 3 aromatic rings. The second-order valence-electron chi connectivity index (χ2n) is 5.67. The summed E-state index contributed by atoms with van der Waals surface area (Å²) < 4.78 is 2.20. The summed E-state index contributed by atoms with van der Waals surface area (Å²) in [5, 5.41) is 0. The predicted octanol–water partition coefficient (Wildman–Crippen LogP) is 3.69. The van der Waals surface area contributed by atoms with Gasteiger partial charge in [-0.25, -0.2) is 4.98 Å². The minimum absolute atomic E-state index is 0.149. The Morgan fingerprint density at radius 2 is 2.09 bits per heavy atom. The van der Waals surface area contributed by atoms with Gasteiger partial charge in [0.1, 0.15) is 0 Å². The van der Waals surface area contributed by atoms with E-state index in [0.29, 0.717) is 0 Å². The minimum atomic E-state index is 0.149. The number of benzene rings is 1. The summed E-state index contributed by atoms with van der Waals surface area (Å²) in [5.41, 5.74) is 3.47. The molecule has 2 aromatic heterocycles. The molecule has 1 amide bonds. The summed E-state index contributed by atoms with van der Waals surface area (Å²) >= 11 is 3.44. The number of nitrogens with zero attached hydrogens (tertiary/aromatic N) is 3. The largest absolute Gasteiger partial charge is 0.337 e. The molecule has 4 nitrogen and oxygen atoms in total. The van der Waals surface area contributed by atoms with Crippen LogP contribution in [0.1, 0.15) is 17.5 Å². The molecule has 0 bridgehead atoms. The highest BCUT2D eigenvalue weighted by atomic mass is 32.2. The van der Waals surface area contributed by atoms with Crippen LogP contribution in [0.2, 0.25) is 0 Å². The van der Waals surface area contributed by atoms with Gasteiger partial charge in [0.15, 0.2) is 4.96 Å². The first kappa shape index (κ1) is 14.8. The van der Waals surface area contributed by atoms with Gasteiger partial charge in [0, 0.05) is 47.1 Å². The smallest absolute Gasteiger partial charge is 0.219 e. The summed E-state index contributed by atoms with van der Waals surface area (Å²) in [6.45, 7) is 3.15. The van der Waals surface area contributed by atoms with Crippen molar-refractivity contribution in [2.75, 3.05) is 12.8 Å². The van der Waals surface area contributed by atoms with Crippen LogP contribution in [0, 0.1) is 0 Å². The Morgan fingerprint density at radius 3 is 2.78 bits per heavy atom. The number of carbonyl (C=O) groups is 1. The van der Waals surface area contributed by atoms with Crippen LogP contribution in [0.5, 0.6) is 0 Å². The molecule has 0 spiro atoms. The quantitative estimate of drug-likeness (QED) is 0.666. The fourth-order valence-corrected chi connectivity index (χ4v) is 4.55. The zero-order valence-electron chi connectivity index (χ0n) is 13.1. The first-order valence-corrected chi connectivity index (χ1v) is 9.59. The van der Waals surface area contributed by atoms with Crippen LogP contribution >= 0.6 is 23.1 Å². The molecule has 0 atom stereocenters. The molecule has 6 heteroatoms. The molecule has 0 radical (unpaired) electrons. The van der Waals surface area contributed by atoms with Crippen molar-refractivity contribution >= 4 is 34.0 Å². The normalized spacial score (nSPS) is 14.3. The summed E-state index contributed by atoms with van der Waals surface area (Å²) in [7, 11) is 0. The molecule has 4 rings (SSSR count). The number of rotatable bonds is 2. The molecule has 0 saturated carbocycles. The van der Waals surface area contributed by atoms with Crippen molar-refractivity contribution in [1.29, 1.82) is 0 Å². The number of fused-ring (bicyclic) bond motifs is 3. The molecular weight excluding hydrogens is 326 g/mol. The summed E-state index contributed by atoms with van der Waals surface area (Å²) in [6, 6.07) is 8.52. The lowest BCUT2D eigenvalue weighted by Gasteiger charge is -2.25. The number of amides is 1. The Labute approximate surface area is 143 Å². The van der Waals surface area contributed by atoms with Gasteiger partial charge in [-0.3, -0.25) is 9.20 Å². The van der Waals surface area contributed by atoms with Crippen molar-refractivity contribution in [2.45, 2.75) is 24.8 Å². The van der Waals surface area contributed by atoms with E-state index in [4.69, 9.17) is 4.98 Å². The Balaban J connectivity index is 1.70. The first-order valence-electron chi connectivity index (χ1n) is 7.55. The maximum absolute atomic E-state index is 11.6. The molecule has 0 aliphatic carbocycles. The molecule has 0 fully saturated rings. The van der Waals surface area contributed by atoms with Gasteiger partial charge in [-0.2, -0.15) is 0 Å². The molecule has 118 valence electrons. The van der Waals surface area contributed by atoms with Crippen LogP contribution in [0.4, 0.5) is 0 Å². The van der Waals surface area contributed by atoms with E-state index in [1.165, 1.54) is 15.5 Å². The molecule has 1 aliphatic heterocycles. The van der Waals surface area contributed by atoms with E-state index < -0.39 is 0 Å². The summed E-state index contributed by atoms with van der Waals surface area (Å²) in [4.78, 5) is 21.8. The number of imidazole rings is 1. The molecule has 0 N–H and O–H groups in total. The van der Waals surface area contributed by atoms with Crippen molar-refractivity contribution in [3.8, 4) is 11.3 Å². The van der Waals surface area contributed by atoms with Gasteiger partial charge >= 0.3 is 0 Å². The highest BCUT2D eigenvalue weighted by molar-refractivity contribution is 7.98. The fraction of sp³-hybridized carbons (Fsp3) is 0.294. The van der Waals surface area contributed by atoms with Crippen molar-refractivity contribution in [2.24, 2.45) is 0 Å². The fourth-order valence-electron chi connectivity index (χ4n) is 2.98. The molecule has 1 aromatic carbocycles. The van der Waals surface area contributed by atoms with Gasteiger partial charge in [-0.15, -0.1) is 11.8 Å². The monoisotopic (exact) mass is 343 g/mol. The van der Waals surface area contributed by atoms with E-state index in [2.05, 4.69) is 41.1 Å². The van der Waals surface area contributed by atoms with Gasteiger partial charge in [-0.1, -0.05) is 23.5 Å². The Morgan fingerprint density at radius 1 is 1.30 bits per heavy atom. The zero-order valence-corrected chi connectivity index (χ0v) is 14.7. The highest BCUT2D eigenvalue weighted by Gasteiger charge is 2.23. The summed E-state index contributed by atoms with van der Waals surface area (Å²) in [6.07, 6.45) is 5.11. The first-order chi connectivity index (χ1) is 11.2. The standard InChI is InChI=1S/C17H17N3OS2/c1-11(21)19-8-7-15-16(10-19)23-17-18-14(9-20(15)17)12-3-5-13(22-2)6-4-12/h3-6,9H,7-8,10H2,1-2H3. The number of aromatic nitrogens is 2. The van der Waals surface area contributed by atoms with Crippen molar-refractivity contribution < 1.29 is 4.79 Å².